The number of hydrogen-bond donors (Lipinski definition) is 0. The van der Waals surface area contributed by atoms with Crippen LogP contribution in [0.3, 0.4) is 0 Å². The van der Waals surface area contributed by atoms with Crippen molar-refractivity contribution in [3.63, 3.8) is 0 Å². The summed E-state index contributed by atoms with van der Waals surface area (Å²) in [5.41, 5.74) is 0.433. The number of hydrogen-bond acceptors (Lipinski definition) is 6. The van der Waals surface area contributed by atoms with E-state index in [-0.39, 0.29) is 10.6 Å². The van der Waals surface area contributed by atoms with E-state index in [4.69, 9.17) is 4.74 Å². The molecule has 1 rings (SSSR count). The zero-order valence-electron chi connectivity index (χ0n) is 8.58. The van der Waals surface area contributed by atoms with Gasteiger partial charge in [-0.1, -0.05) is 0 Å². The topological polar surface area (TPSA) is 68.1 Å². The van der Waals surface area contributed by atoms with Crippen LogP contribution in [-0.2, 0) is 10.0 Å². The largest absolute Gasteiger partial charge is 0.495 e. The smallest absolute Gasteiger partial charge is 0.294 e. The third-order valence-electron chi connectivity index (χ3n) is 1.76. The van der Waals surface area contributed by atoms with E-state index in [1.807, 2.05) is 5.16 Å². The second kappa shape index (κ2) is 5.77. The number of ether oxygens (including phenoxy) is 1. The Bertz CT molecular complexity index is 627. The Hall–Kier alpha value is -1.43. The summed E-state index contributed by atoms with van der Waals surface area (Å²) in [5.74, 6) is 0.102. The fourth-order valence-electron chi connectivity index (χ4n) is 1.09. The predicted octanol–water partition coefficient (Wildman–Crippen LogP) is 2.22. The summed E-state index contributed by atoms with van der Waals surface area (Å²) in [7, 11) is -2.55. The Balaban J connectivity index is 3.46. The van der Waals surface area contributed by atoms with E-state index in [0.717, 1.165) is 0 Å². The predicted molar refractivity (Wildman–Crippen MR) is 69.9 cm³/mol. The van der Waals surface area contributed by atoms with Gasteiger partial charge in [0.05, 0.1) is 23.1 Å². The second-order valence-corrected chi connectivity index (χ2v) is 4.63. The van der Waals surface area contributed by atoms with Gasteiger partial charge in [-0.25, -0.2) is 0 Å². The number of benzene rings is 1. The molecule has 1 aromatic rings. The lowest BCUT2D eigenvalue weighted by molar-refractivity contribution is 0.403. The number of thiocarbonyl (C=S) groups is 2. The maximum atomic E-state index is 11.6. The van der Waals surface area contributed by atoms with Crippen molar-refractivity contribution >= 4 is 50.5 Å². The van der Waals surface area contributed by atoms with E-state index in [0.29, 0.717) is 5.69 Å². The molecule has 0 atom stereocenters. The molecule has 0 aliphatic carbocycles. The van der Waals surface area contributed by atoms with Crippen LogP contribution in [0.5, 0.6) is 5.75 Å². The fourth-order valence-corrected chi connectivity index (χ4v) is 2.32. The summed E-state index contributed by atoms with van der Waals surface area (Å²) >= 11 is 8.71. The molecule has 88 valence electrons. The molecule has 0 aromatic heterocycles. The number of aliphatic imine (C=N–C) groups is 1. The maximum absolute atomic E-state index is 11.6. The molecule has 0 amide bonds. The van der Waals surface area contributed by atoms with Gasteiger partial charge in [-0.05, 0) is 36.6 Å². The molecule has 0 aliphatic rings. The summed E-state index contributed by atoms with van der Waals surface area (Å²) in [5, 5.41) is 3.98. The van der Waals surface area contributed by atoms with Gasteiger partial charge in [0.1, 0.15) is 10.6 Å². The van der Waals surface area contributed by atoms with Crippen LogP contribution >= 0.6 is 24.4 Å². The first kappa shape index (κ1) is 13.6. The molecule has 0 fully saturated rings. The van der Waals surface area contributed by atoms with Gasteiger partial charge in [0.15, 0.2) is 0 Å². The van der Waals surface area contributed by atoms with Crippen molar-refractivity contribution < 1.29 is 13.2 Å². The third kappa shape index (κ3) is 3.26. The van der Waals surface area contributed by atoms with Gasteiger partial charge in [-0.2, -0.15) is 13.4 Å². The van der Waals surface area contributed by atoms with Crippen molar-refractivity contribution in [2.45, 2.75) is 4.90 Å². The molecule has 0 heterocycles. The van der Waals surface area contributed by atoms with Gasteiger partial charge in [-0.3, -0.25) is 0 Å². The van der Waals surface area contributed by atoms with Crippen LogP contribution in [-0.4, -0.2) is 25.9 Å². The average molecular weight is 286 g/mol. The molecule has 0 bridgehead atoms. The minimum atomic E-state index is -3.89. The summed E-state index contributed by atoms with van der Waals surface area (Å²) in [6, 6.07) is 4.16. The minimum absolute atomic E-state index is 0.102. The summed E-state index contributed by atoms with van der Waals surface area (Å²) in [4.78, 5) is 3.60. The molecule has 0 spiro atoms. The quantitative estimate of drug-likeness (QED) is 0.627. The summed E-state index contributed by atoms with van der Waals surface area (Å²) in [6.45, 7) is 0. The van der Waals surface area contributed by atoms with Crippen LogP contribution in [0.4, 0.5) is 5.69 Å². The number of isothiocyanates is 2. The molecule has 0 unspecified atom stereocenters. The highest BCUT2D eigenvalue weighted by Gasteiger charge is 2.18. The normalized spacial score (nSPS) is 9.94. The van der Waals surface area contributed by atoms with Gasteiger partial charge < -0.3 is 4.74 Å². The molecular formula is C9H6N2O3S3. The van der Waals surface area contributed by atoms with Crippen molar-refractivity contribution in [1.82, 2.24) is 0 Å². The Morgan fingerprint density at radius 3 is 2.53 bits per heavy atom. The molecular weight excluding hydrogens is 280 g/mol. The van der Waals surface area contributed by atoms with Crippen LogP contribution < -0.4 is 4.74 Å². The summed E-state index contributed by atoms with van der Waals surface area (Å²) in [6.07, 6.45) is 0. The first-order valence-electron chi connectivity index (χ1n) is 4.15. The lowest BCUT2D eigenvalue weighted by Gasteiger charge is -2.05. The van der Waals surface area contributed by atoms with Gasteiger partial charge in [0.25, 0.3) is 10.0 Å². The molecule has 0 saturated heterocycles. The lowest BCUT2D eigenvalue weighted by Crippen LogP contribution is -1.99. The first-order chi connectivity index (χ1) is 8.05. The van der Waals surface area contributed by atoms with Crippen molar-refractivity contribution in [3.05, 3.63) is 18.2 Å². The molecule has 5 nitrogen and oxygen atoms in total. The van der Waals surface area contributed by atoms with Crippen molar-refractivity contribution in [2.75, 3.05) is 7.11 Å². The Morgan fingerprint density at radius 1 is 1.29 bits per heavy atom. The van der Waals surface area contributed by atoms with Gasteiger partial charge >= 0.3 is 0 Å². The highest BCUT2D eigenvalue weighted by atomic mass is 32.2. The molecule has 0 N–H and O–H groups in total. The van der Waals surface area contributed by atoms with Crippen LogP contribution in [0.25, 0.3) is 0 Å². The molecule has 1 aromatic carbocycles. The third-order valence-corrected chi connectivity index (χ3v) is 3.28. The Morgan fingerprint density at radius 2 is 2.00 bits per heavy atom. The van der Waals surface area contributed by atoms with E-state index >= 15 is 0 Å². The number of sulfonamides is 1. The average Bonchev–Trinajstić information content (AvgIpc) is 2.29. The molecule has 8 heteroatoms. The molecule has 17 heavy (non-hydrogen) atoms. The van der Waals surface area contributed by atoms with E-state index in [9.17, 15) is 8.42 Å². The molecule has 0 saturated carbocycles. The van der Waals surface area contributed by atoms with Crippen LogP contribution in [0.1, 0.15) is 0 Å². The van der Waals surface area contributed by atoms with Gasteiger partial charge in [0, 0.05) is 6.07 Å². The van der Waals surface area contributed by atoms with Gasteiger partial charge in [-0.15, -0.1) is 4.40 Å². The van der Waals surface area contributed by atoms with Gasteiger partial charge in [0.2, 0.25) is 0 Å². The van der Waals surface area contributed by atoms with E-state index in [2.05, 4.69) is 39.0 Å². The summed E-state index contributed by atoms with van der Waals surface area (Å²) < 4.78 is 31.3. The highest BCUT2D eigenvalue weighted by molar-refractivity contribution is 7.91. The standard InChI is InChI=1S/C9H6N2O3S3/c1-14-8-4-7(10-5-15)2-3-9(8)17(12,13)11-6-16/h2-4H,1H3. The SMILES string of the molecule is COc1cc(N=C=S)ccc1S(=O)(=O)N=C=S. The van der Waals surface area contributed by atoms with Crippen molar-refractivity contribution in [3.8, 4) is 5.75 Å². The minimum Gasteiger partial charge on any atom is -0.495 e. The van der Waals surface area contributed by atoms with E-state index < -0.39 is 10.0 Å². The zero-order chi connectivity index (χ0) is 12.9. The second-order valence-electron chi connectivity index (χ2n) is 2.70. The fraction of sp³-hybridized carbons (Fsp3) is 0.111. The monoisotopic (exact) mass is 286 g/mol. The Kier molecular flexibility index (Phi) is 4.62. The maximum Gasteiger partial charge on any atom is 0.294 e. The number of rotatable bonds is 4. The van der Waals surface area contributed by atoms with Crippen LogP contribution in [0.15, 0.2) is 32.5 Å². The zero-order valence-corrected chi connectivity index (χ0v) is 11.0. The first-order valence-corrected chi connectivity index (χ1v) is 6.41. The molecule has 0 aliphatic heterocycles. The van der Waals surface area contributed by atoms with Crippen LogP contribution in [0, 0.1) is 0 Å². The highest BCUT2D eigenvalue weighted by Crippen LogP contribution is 2.29. The van der Waals surface area contributed by atoms with Crippen molar-refractivity contribution in [2.24, 2.45) is 9.39 Å². The van der Waals surface area contributed by atoms with E-state index in [1.165, 1.54) is 25.3 Å². The Labute approximate surface area is 109 Å². The number of nitrogens with zero attached hydrogens (tertiary/aromatic N) is 2. The van der Waals surface area contributed by atoms with E-state index in [1.54, 1.807) is 0 Å². The number of methoxy groups -OCH3 is 1. The lowest BCUT2D eigenvalue weighted by atomic mass is 10.3. The van der Waals surface area contributed by atoms with Crippen molar-refractivity contribution in [1.29, 1.82) is 0 Å². The molecule has 0 radical (unpaired) electrons. The van der Waals surface area contributed by atoms with Crippen LogP contribution in [0.2, 0.25) is 0 Å².